The molecule has 0 bridgehead atoms. The van der Waals surface area contributed by atoms with Crippen LogP contribution in [0, 0.1) is 12.7 Å². The molecule has 0 radical (unpaired) electrons. The summed E-state index contributed by atoms with van der Waals surface area (Å²) >= 11 is 0. The van der Waals surface area contributed by atoms with E-state index in [9.17, 15) is 9.18 Å². The first-order valence-corrected chi connectivity index (χ1v) is 6.41. The number of carbonyl (C=O) groups excluding carboxylic acids is 1. The Labute approximate surface area is 117 Å². The summed E-state index contributed by atoms with van der Waals surface area (Å²) in [6, 6.07) is 11.2. The van der Waals surface area contributed by atoms with Crippen LogP contribution in [-0.2, 0) is 0 Å². The zero-order chi connectivity index (χ0) is 14.5. The molecule has 4 heteroatoms. The normalized spacial score (nSPS) is 10.2. The van der Waals surface area contributed by atoms with E-state index >= 15 is 0 Å². The van der Waals surface area contributed by atoms with E-state index in [0.717, 1.165) is 11.3 Å². The fourth-order valence-corrected chi connectivity index (χ4v) is 1.87. The first kappa shape index (κ1) is 14.1. The highest BCUT2D eigenvalue weighted by molar-refractivity contribution is 6.04. The van der Waals surface area contributed by atoms with Crippen LogP contribution in [0.25, 0.3) is 0 Å². The highest BCUT2D eigenvalue weighted by Crippen LogP contribution is 2.20. The maximum Gasteiger partial charge on any atom is 0.255 e. The summed E-state index contributed by atoms with van der Waals surface area (Å²) in [4.78, 5) is 12.1. The van der Waals surface area contributed by atoms with Gasteiger partial charge in [0.05, 0.1) is 12.3 Å². The van der Waals surface area contributed by atoms with Gasteiger partial charge in [-0.15, -0.1) is 0 Å². The number of anilines is 1. The molecule has 2 aromatic carbocycles. The smallest absolute Gasteiger partial charge is 0.255 e. The van der Waals surface area contributed by atoms with Crippen molar-refractivity contribution in [1.29, 1.82) is 0 Å². The maximum absolute atomic E-state index is 13.5. The largest absolute Gasteiger partial charge is 0.494 e. The van der Waals surface area contributed by atoms with E-state index < -0.39 is 5.82 Å². The van der Waals surface area contributed by atoms with Crippen molar-refractivity contribution in [2.24, 2.45) is 0 Å². The zero-order valence-electron chi connectivity index (χ0n) is 11.4. The van der Waals surface area contributed by atoms with E-state index in [4.69, 9.17) is 4.74 Å². The minimum absolute atomic E-state index is 0.170. The van der Waals surface area contributed by atoms with E-state index in [1.807, 2.05) is 13.8 Å². The molecule has 1 amide bonds. The van der Waals surface area contributed by atoms with Crippen LogP contribution in [0.1, 0.15) is 22.8 Å². The minimum Gasteiger partial charge on any atom is -0.494 e. The third-order valence-electron chi connectivity index (χ3n) is 2.86. The average Bonchev–Trinajstić information content (AvgIpc) is 2.43. The Morgan fingerprint density at radius 3 is 2.65 bits per heavy atom. The number of carbonyl (C=O) groups is 1. The van der Waals surface area contributed by atoms with E-state index in [-0.39, 0.29) is 11.6 Å². The van der Waals surface area contributed by atoms with Crippen LogP contribution in [0.3, 0.4) is 0 Å². The van der Waals surface area contributed by atoms with E-state index in [2.05, 4.69) is 5.32 Å². The van der Waals surface area contributed by atoms with Gasteiger partial charge >= 0.3 is 0 Å². The predicted molar refractivity (Wildman–Crippen MR) is 76.7 cm³/mol. The average molecular weight is 273 g/mol. The molecule has 2 aromatic rings. The van der Waals surface area contributed by atoms with Gasteiger partial charge < -0.3 is 10.1 Å². The molecular formula is C16H16FNO2. The summed E-state index contributed by atoms with van der Waals surface area (Å²) < 4.78 is 18.9. The summed E-state index contributed by atoms with van der Waals surface area (Å²) in [5.41, 5.74) is 1.51. The molecule has 1 N–H and O–H groups in total. The van der Waals surface area contributed by atoms with E-state index in [0.29, 0.717) is 12.2 Å². The molecule has 0 atom stereocenters. The van der Waals surface area contributed by atoms with Gasteiger partial charge in [-0.25, -0.2) is 4.39 Å². The summed E-state index contributed by atoms with van der Waals surface area (Å²) in [6.45, 7) is 4.34. The molecule has 0 saturated carbocycles. The second-order valence-corrected chi connectivity index (χ2v) is 4.35. The van der Waals surface area contributed by atoms with Crippen molar-refractivity contribution < 1.29 is 13.9 Å². The van der Waals surface area contributed by atoms with Crippen LogP contribution in [-0.4, -0.2) is 12.5 Å². The van der Waals surface area contributed by atoms with Gasteiger partial charge in [-0.2, -0.15) is 0 Å². The molecule has 0 fully saturated rings. The number of hydrogen-bond donors (Lipinski definition) is 1. The van der Waals surface area contributed by atoms with Gasteiger partial charge in [0.1, 0.15) is 11.6 Å². The molecule has 3 nitrogen and oxygen atoms in total. The molecule has 0 aliphatic carbocycles. The van der Waals surface area contributed by atoms with E-state index in [1.165, 1.54) is 12.1 Å². The Kier molecular flexibility index (Phi) is 4.35. The number of benzene rings is 2. The Bertz CT molecular complexity index is 626. The third kappa shape index (κ3) is 3.15. The lowest BCUT2D eigenvalue weighted by Crippen LogP contribution is -2.13. The SMILES string of the molecule is CCOc1ccc(C(=O)Nc2ccccc2F)cc1C. The predicted octanol–water partition coefficient (Wildman–Crippen LogP) is 3.79. The fourth-order valence-electron chi connectivity index (χ4n) is 1.87. The Hall–Kier alpha value is -2.36. The van der Waals surface area contributed by atoms with Crippen LogP contribution >= 0.6 is 0 Å². The van der Waals surface area contributed by atoms with Crippen LogP contribution in [0.2, 0.25) is 0 Å². The number of aryl methyl sites for hydroxylation is 1. The van der Waals surface area contributed by atoms with E-state index in [1.54, 1.807) is 30.3 Å². The monoisotopic (exact) mass is 273 g/mol. The number of ether oxygens (including phenoxy) is 1. The van der Waals surface area contributed by atoms with Crippen molar-refractivity contribution in [3.05, 3.63) is 59.4 Å². The number of amides is 1. The Morgan fingerprint density at radius 2 is 2.00 bits per heavy atom. The maximum atomic E-state index is 13.5. The summed E-state index contributed by atoms with van der Waals surface area (Å²) in [7, 11) is 0. The molecular weight excluding hydrogens is 257 g/mol. The van der Waals surface area contributed by atoms with Crippen LogP contribution in [0.5, 0.6) is 5.75 Å². The minimum atomic E-state index is -0.455. The topological polar surface area (TPSA) is 38.3 Å². The van der Waals surface area contributed by atoms with Gasteiger partial charge in [0.15, 0.2) is 0 Å². The highest BCUT2D eigenvalue weighted by atomic mass is 19.1. The molecule has 0 aliphatic heterocycles. The number of hydrogen-bond acceptors (Lipinski definition) is 2. The molecule has 0 aliphatic rings. The first-order chi connectivity index (χ1) is 9.61. The molecule has 104 valence electrons. The highest BCUT2D eigenvalue weighted by Gasteiger charge is 2.10. The molecule has 0 saturated heterocycles. The molecule has 0 heterocycles. The third-order valence-corrected chi connectivity index (χ3v) is 2.86. The molecule has 0 aromatic heterocycles. The molecule has 0 spiro atoms. The van der Waals surface area contributed by atoms with Crippen LogP contribution in [0.4, 0.5) is 10.1 Å². The van der Waals surface area contributed by atoms with Gasteiger partial charge in [0.2, 0.25) is 0 Å². The van der Waals surface area contributed by atoms with Gasteiger partial charge in [-0.3, -0.25) is 4.79 Å². The van der Waals surface area contributed by atoms with Crippen LogP contribution < -0.4 is 10.1 Å². The fraction of sp³-hybridized carbons (Fsp3) is 0.188. The molecule has 0 unspecified atom stereocenters. The number of nitrogens with one attached hydrogen (secondary N) is 1. The first-order valence-electron chi connectivity index (χ1n) is 6.41. The van der Waals surface area contributed by atoms with Gasteiger partial charge in [0, 0.05) is 5.56 Å². The van der Waals surface area contributed by atoms with Crippen molar-refractivity contribution in [1.82, 2.24) is 0 Å². The van der Waals surface area contributed by atoms with Crippen molar-refractivity contribution in [3.63, 3.8) is 0 Å². The summed E-state index contributed by atoms with van der Waals surface area (Å²) in [5.74, 6) is -0.0558. The van der Waals surface area contributed by atoms with Crippen molar-refractivity contribution in [2.45, 2.75) is 13.8 Å². The number of halogens is 1. The molecule has 2 rings (SSSR count). The second-order valence-electron chi connectivity index (χ2n) is 4.35. The van der Waals surface area contributed by atoms with Crippen LogP contribution in [0.15, 0.2) is 42.5 Å². The lowest BCUT2D eigenvalue weighted by atomic mass is 10.1. The summed E-state index contributed by atoms with van der Waals surface area (Å²) in [6.07, 6.45) is 0. The number of para-hydroxylation sites is 1. The Balaban J connectivity index is 2.18. The van der Waals surface area contributed by atoms with Crippen molar-refractivity contribution >= 4 is 11.6 Å². The van der Waals surface area contributed by atoms with Gasteiger partial charge in [0.25, 0.3) is 5.91 Å². The summed E-state index contributed by atoms with van der Waals surface area (Å²) in [5, 5.41) is 2.55. The lowest BCUT2D eigenvalue weighted by Gasteiger charge is -2.10. The van der Waals surface area contributed by atoms with Crippen molar-refractivity contribution in [3.8, 4) is 5.75 Å². The second kappa shape index (κ2) is 6.19. The standard InChI is InChI=1S/C16H16FNO2/c1-3-20-15-9-8-12(10-11(15)2)16(19)18-14-7-5-4-6-13(14)17/h4-10H,3H2,1-2H3,(H,18,19). The van der Waals surface area contributed by atoms with Gasteiger partial charge in [-0.1, -0.05) is 12.1 Å². The zero-order valence-corrected chi connectivity index (χ0v) is 11.4. The molecule has 20 heavy (non-hydrogen) atoms. The number of rotatable bonds is 4. The van der Waals surface area contributed by atoms with Crippen molar-refractivity contribution in [2.75, 3.05) is 11.9 Å². The van der Waals surface area contributed by atoms with Gasteiger partial charge in [-0.05, 0) is 49.7 Å². The Morgan fingerprint density at radius 1 is 1.25 bits per heavy atom. The lowest BCUT2D eigenvalue weighted by molar-refractivity contribution is 0.102. The quantitative estimate of drug-likeness (QED) is 0.920.